The molecule has 2 rings (SSSR count). The van der Waals surface area contributed by atoms with Crippen LogP contribution in [0.4, 0.5) is 18.9 Å². The lowest BCUT2D eigenvalue weighted by atomic mass is 10.2. The van der Waals surface area contributed by atoms with Gasteiger partial charge in [0.1, 0.15) is 11.4 Å². The maximum atomic E-state index is 12.6. The largest absolute Gasteiger partial charge is 0.454 e. The van der Waals surface area contributed by atoms with E-state index in [0.29, 0.717) is 6.07 Å². The fourth-order valence-corrected chi connectivity index (χ4v) is 1.57. The molecule has 0 saturated heterocycles. The number of halogens is 3. The van der Waals surface area contributed by atoms with E-state index in [1.54, 1.807) is 12.1 Å². The number of nitrogens with zero attached hydrogens (tertiary/aromatic N) is 1. The number of primary amides is 1. The van der Waals surface area contributed by atoms with Crippen LogP contribution in [-0.4, -0.2) is 10.9 Å². The highest BCUT2D eigenvalue weighted by atomic mass is 19.4. The summed E-state index contributed by atoms with van der Waals surface area (Å²) in [5.74, 6) is -1.02. The van der Waals surface area contributed by atoms with Gasteiger partial charge in [0.25, 0.3) is 5.91 Å². The fourth-order valence-electron chi connectivity index (χ4n) is 1.57. The van der Waals surface area contributed by atoms with Gasteiger partial charge in [0.2, 0.25) is 0 Å². The summed E-state index contributed by atoms with van der Waals surface area (Å²) in [7, 11) is 0. The maximum Gasteiger partial charge on any atom is 0.433 e. The Morgan fingerprint density at radius 2 is 1.86 bits per heavy atom. The highest BCUT2D eigenvalue weighted by Crippen LogP contribution is 2.35. The van der Waals surface area contributed by atoms with Gasteiger partial charge in [-0.25, -0.2) is 4.98 Å². The zero-order valence-electron chi connectivity index (χ0n) is 10.5. The summed E-state index contributed by atoms with van der Waals surface area (Å²) in [6.07, 6.45) is -3.79. The molecule has 21 heavy (non-hydrogen) atoms. The standard InChI is InChI=1S/C13H10F3N3O2/c14-13(15,16)11-5-10(8(17)6-19-11)21-9-4-2-1-3-7(9)12(18)20/h1-6H,17H2,(H2,18,20). The third kappa shape index (κ3) is 3.22. The van der Waals surface area contributed by atoms with Crippen LogP contribution in [0.1, 0.15) is 16.1 Å². The van der Waals surface area contributed by atoms with Gasteiger partial charge in [-0.05, 0) is 12.1 Å². The van der Waals surface area contributed by atoms with E-state index in [4.69, 9.17) is 16.2 Å². The van der Waals surface area contributed by atoms with Crippen molar-refractivity contribution in [2.45, 2.75) is 6.18 Å². The molecule has 2 aromatic rings. The summed E-state index contributed by atoms with van der Waals surface area (Å²) in [6.45, 7) is 0. The first-order valence-corrected chi connectivity index (χ1v) is 5.68. The number of ether oxygens (including phenoxy) is 1. The molecule has 0 radical (unpaired) electrons. The Morgan fingerprint density at radius 3 is 2.48 bits per heavy atom. The Bertz CT molecular complexity index is 687. The van der Waals surface area contributed by atoms with Gasteiger partial charge in [0.15, 0.2) is 5.75 Å². The van der Waals surface area contributed by atoms with Crippen molar-refractivity contribution in [2.75, 3.05) is 5.73 Å². The molecule has 1 heterocycles. The predicted molar refractivity (Wildman–Crippen MR) is 68.7 cm³/mol. The summed E-state index contributed by atoms with van der Waals surface area (Å²) < 4.78 is 43.1. The van der Waals surface area contributed by atoms with Crippen molar-refractivity contribution >= 4 is 11.6 Å². The van der Waals surface area contributed by atoms with Gasteiger partial charge >= 0.3 is 6.18 Å². The van der Waals surface area contributed by atoms with E-state index < -0.39 is 17.8 Å². The van der Waals surface area contributed by atoms with E-state index in [1.807, 2.05) is 0 Å². The van der Waals surface area contributed by atoms with E-state index in [0.717, 1.165) is 6.20 Å². The molecular weight excluding hydrogens is 287 g/mol. The lowest BCUT2D eigenvalue weighted by Crippen LogP contribution is -2.12. The number of nitrogen functional groups attached to an aromatic ring is 1. The number of alkyl halides is 3. The molecular formula is C13H10F3N3O2. The van der Waals surface area contributed by atoms with Crippen LogP contribution in [0, 0.1) is 0 Å². The molecule has 5 nitrogen and oxygen atoms in total. The monoisotopic (exact) mass is 297 g/mol. The molecule has 0 aliphatic rings. The quantitative estimate of drug-likeness (QED) is 0.910. The molecule has 0 fully saturated rings. The van der Waals surface area contributed by atoms with Gasteiger partial charge < -0.3 is 16.2 Å². The zero-order valence-corrected chi connectivity index (χ0v) is 10.5. The second-order valence-electron chi connectivity index (χ2n) is 4.07. The van der Waals surface area contributed by atoms with Crippen molar-refractivity contribution < 1.29 is 22.7 Å². The first kappa shape index (κ1) is 14.6. The second kappa shape index (κ2) is 5.31. The molecule has 0 bridgehead atoms. The van der Waals surface area contributed by atoms with Crippen molar-refractivity contribution in [1.82, 2.24) is 4.98 Å². The maximum absolute atomic E-state index is 12.6. The van der Waals surface area contributed by atoms with Crippen molar-refractivity contribution in [1.29, 1.82) is 0 Å². The summed E-state index contributed by atoms with van der Waals surface area (Å²) in [5.41, 5.74) is 9.48. The van der Waals surface area contributed by atoms with Crippen molar-refractivity contribution in [3.8, 4) is 11.5 Å². The van der Waals surface area contributed by atoms with Crippen LogP contribution >= 0.6 is 0 Å². The molecule has 0 aliphatic heterocycles. The molecule has 1 aromatic carbocycles. The van der Waals surface area contributed by atoms with E-state index in [-0.39, 0.29) is 22.7 Å². The van der Waals surface area contributed by atoms with Gasteiger partial charge in [-0.2, -0.15) is 13.2 Å². The highest BCUT2D eigenvalue weighted by molar-refractivity contribution is 5.95. The minimum absolute atomic E-state index is 0.0102. The Morgan fingerprint density at radius 1 is 1.19 bits per heavy atom. The SMILES string of the molecule is NC(=O)c1ccccc1Oc1cc(C(F)(F)F)ncc1N. The van der Waals surface area contributed by atoms with Crippen LogP contribution in [0.5, 0.6) is 11.5 Å². The van der Waals surface area contributed by atoms with E-state index in [2.05, 4.69) is 4.98 Å². The van der Waals surface area contributed by atoms with Crippen molar-refractivity contribution in [3.05, 3.63) is 47.8 Å². The Kier molecular flexibility index (Phi) is 3.70. The molecule has 1 amide bonds. The topological polar surface area (TPSA) is 91.2 Å². The molecule has 0 saturated carbocycles. The zero-order chi connectivity index (χ0) is 15.6. The second-order valence-corrected chi connectivity index (χ2v) is 4.07. The molecule has 1 aromatic heterocycles. The van der Waals surface area contributed by atoms with E-state index in [1.165, 1.54) is 12.1 Å². The number of benzene rings is 1. The Balaban J connectivity index is 2.43. The fraction of sp³-hybridized carbons (Fsp3) is 0.0769. The number of aromatic nitrogens is 1. The predicted octanol–water partition coefficient (Wildman–Crippen LogP) is 2.57. The van der Waals surface area contributed by atoms with Gasteiger partial charge in [-0.1, -0.05) is 12.1 Å². The molecule has 4 N–H and O–H groups in total. The van der Waals surface area contributed by atoms with Gasteiger partial charge in [-0.15, -0.1) is 0 Å². The van der Waals surface area contributed by atoms with Crippen LogP contribution < -0.4 is 16.2 Å². The molecule has 0 spiro atoms. The number of anilines is 1. The first-order chi connectivity index (χ1) is 9.79. The minimum Gasteiger partial charge on any atom is -0.454 e. The van der Waals surface area contributed by atoms with Crippen LogP contribution in [-0.2, 0) is 6.18 Å². The lowest BCUT2D eigenvalue weighted by Gasteiger charge is -2.13. The molecule has 0 atom stereocenters. The van der Waals surface area contributed by atoms with Crippen LogP contribution in [0.15, 0.2) is 36.5 Å². The average Bonchev–Trinajstić information content (AvgIpc) is 2.40. The van der Waals surface area contributed by atoms with Gasteiger partial charge in [0.05, 0.1) is 17.4 Å². The third-order valence-electron chi connectivity index (χ3n) is 2.56. The van der Waals surface area contributed by atoms with Crippen molar-refractivity contribution in [3.63, 3.8) is 0 Å². The number of rotatable bonds is 3. The van der Waals surface area contributed by atoms with Crippen LogP contribution in [0.2, 0.25) is 0 Å². The van der Waals surface area contributed by atoms with E-state index >= 15 is 0 Å². The number of nitrogens with two attached hydrogens (primary N) is 2. The molecule has 110 valence electrons. The number of hydrogen-bond donors (Lipinski definition) is 2. The summed E-state index contributed by atoms with van der Waals surface area (Å²) in [5, 5.41) is 0. The van der Waals surface area contributed by atoms with Gasteiger partial charge in [-0.3, -0.25) is 4.79 Å². The summed E-state index contributed by atoms with van der Waals surface area (Å²) in [6, 6.07) is 6.54. The number of carbonyl (C=O) groups is 1. The number of pyridine rings is 1. The number of para-hydroxylation sites is 1. The molecule has 0 unspecified atom stereocenters. The Labute approximate surface area is 117 Å². The van der Waals surface area contributed by atoms with Crippen LogP contribution in [0.25, 0.3) is 0 Å². The van der Waals surface area contributed by atoms with Gasteiger partial charge in [0, 0.05) is 6.07 Å². The lowest BCUT2D eigenvalue weighted by molar-refractivity contribution is -0.141. The summed E-state index contributed by atoms with van der Waals surface area (Å²) >= 11 is 0. The normalized spacial score (nSPS) is 11.2. The van der Waals surface area contributed by atoms with Crippen LogP contribution in [0.3, 0.4) is 0 Å². The first-order valence-electron chi connectivity index (χ1n) is 5.68. The number of carbonyl (C=O) groups excluding carboxylic acids is 1. The van der Waals surface area contributed by atoms with E-state index in [9.17, 15) is 18.0 Å². The number of hydrogen-bond acceptors (Lipinski definition) is 4. The minimum atomic E-state index is -4.63. The molecule has 8 heteroatoms. The Hall–Kier alpha value is -2.77. The molecule has 0 aliphatic carbocycles. The smallest absolute Gasteiger partial charge is 0.433 e. The summed E-state index contributed by atoms with van der Waals surface area (Å²) in [4.78, 5) is 14.4. The highest BCUT2D eigenvalue weighted by Gasteiger charge is 2.33. The third-order valence-corrected chi connectivity index (χ3v) is 2.56. The average molecular weight is 297 g/mol. The number of amides is 1. The van der Waals surface area contributed by atoms with Crippen molar-refractivity contribution in [2.24, 2.45) is 5.73 Å².